The van der Waals surface area contributed by atoms with Gasteiger partial charge in [0.2, 0.25) is 0 Å². The minimum absolute atomic E-state index is 0.278. The number of carbonyl (C=O) groups excluding carboxylic acids is 1. The van der Waals surface area contributed by atoms with Crippen molar-refractivity contribution in [2.45, 2.75) is 77.9 Å². The molecule has 0 radical (unpaired) electrons. The number of hydrogen-bond acceptors (Lipinski definition) is 3. The average molecular weight is 359 g/mol. The van der Waals surface area contributed by atoms with E-state index in [1.54, 1.807) is 0 Å². The third kappa shape index (κ3) is 2.22. The largest absolute Gasteiger partial charge is 0.348 e. The molecule has 1 unspecified atom stereocenters. The zero-order chi connectivity index (χ0) is 18.2. The summed E-state index contributed by atoms with van der Waals surface area (Å²) in [5, 5.41) is 0. The summed E-state index contributed by atoms with van der Waals surface area (Å²) in [7, 11) is 0. The predicted octanol–water partition coefficient (Wildman–Crippen LogP) is 4.90. The molecule has 4 aliphatic carbocycles. The number of allylic oxidation sites excluding steroid dienone is 2. The van der Waals surface area contributed by atoms with Gasteiger partial charge in [0.25, 0.3) is 0 Å². The molecule has 0 aromatic rings. The fraction of sp³-hybridized carbons (Fsp3) is 0.870. The van der Waals surface area contributed by atoms with Gasteiger partial charge in [-0.1, -0.05) is 25.5 Å². The predicted molar refractivity (Wildman–Crippen MR) is 101 cm³/mol. The molecular formula is C23H34O3. The lowest BCUT2D eigenvalue weighted by Crippen LogP contribution is -2.53. The van der Waals surface area contributed by atoms with E-state index in [-0.39, 0.29) is 11.2 Å². The van der Waals surface area contributed by atoms with E-state index >= 15 is 0 Å². The molecule has 0 aromatic heterocycles. The molecule has 0 aromatic carbocycles. The van der Waals surface area contributed by atoms with Crippen molar-refractivity contribution in [3.63, 3.8) is 0 Å². The summed E-state index contributed by atoms with van der Waals surface area (Å²) in [4.78, 5) is 12.0. The van der Waals surface area contributed by atoms with Crippen LogP contribution in [0, 0.1) is 34.5 Å². The van der Waals surface area contributed by atoms with Crippen LogP contribution in [0.5, 0.6) is 0 Å². The Balaban J connectivity index is 1.46. The number of ketones is 1. The standard InChI is InChI=1S/C23H34O3/c1-21-10-8-16(24)14-15(21)4-5-17-18-6-7-20(23(3)25-12-13-26-23)22(18,2)11-9-19(17)21/h4,17-20H,5-14H2,1-3H3/t17-,18?,19-,20-,21-,22-/m0/s1. The van der Waals surface area contributed by atoms with E-state index in [1.807, 2.05) is 0 Å². The maximum absolute atomic E-state index is 12.0. The molecule has 1 saturated heterocycles. The first-order valence-electron chi connectivity index (χ1n) is 10.9. The van der Waals surface area contributed by atoms with Gasteiger partial charge < -0.3 is 9.47 Å². The van der Waals surface area contributed by atoms with E-state index in [0.717, 1.165) is 50.2 Å². The zero-order valence-electron chi connectivity index (χ0n) is 16.7. The summed E-state index contributed by atoms with van der Waals surface area (Å²) in [5.41, 5.74) is 2.09. The second kappa shape index (κ2) is 5.67. The van der Waals surface area contributed by atoms with Gasteiger partial charge in [-0.3, -0.25) is 4.79 Å². The molecule has 5 rings (SSSR count). The second-order valence-electron chi connectivity index (χ2n) is 10.4. The summed E-state index contributed by atoms with van der Waals surface area (Å²) in [6.07, 6.45) is 11.4. The van der Waals surface area contributed by atoms with Crippen molar-refractivity contribution in [3.05, 3.63) is 11.6 Å². The van der Waals surface area contributed by atoms with Gasteiger partial charge in [-0.05, 0) is 74.0 Å². The van der Waals surface area contributed by atoms with Crippen LogP contribution < -0.4 is 0 Å². The van der Waals surface area contributed by atoms with Crippen LogP contribution in [-0.2, 0) is 14.3 Å². The fourth-order valence-corrected chi connectivity index (χ4v) is 8.07. The molecule has 3 saturated carbocycles. The van der Waals surface area contributed by atoms with Crippen molar-refractivity contribution in [1.82, 2.24) is 0 Å². The second-order valence-corrected chi connectivity index (χ2v) is 10.4. The van der Waals surface area contributed by atoms with E-state index in [1.165, 1.54) is 37.7 Å². The number of ether oxygens (including phenoxy) is 2. The normalized spacial score (nSPS) is 50.0. The number of hydrogen-bond donors (Lipinski definition) is 0. The van der Waals surface area contributed by atoms with Gasteiger partial charge in [-0.15, -0.1) is 0 Å². The van der Waals surface area contributed by atoms with Gasteiger partial charge in [0.1, 0.15) is 5.78 Å². The maximum Gasteiger partial charge on any atom is 0.169 e. The Labute approximate surface area is 157 Å². The first-order chi connectivity index (χ1) is 12.4. The van der Waals surface area contributed by atoms with Gasteiger partial charge in [0.15, 0.2) is 5.79 Å². The zero-order valence-corrected chi connectivity index (χ0v) is 16.7. The van der Waals surface area contributed by atoms with Crippen molar-refractivity contribution >= 4 is 5.78 Å². The molecular weight excluding hydrogens is 324 g/mol. The highest BCUT2D eigenvalue weighted by molar-refractivity contribution is 5.82. The van der Waals surface area contributed by atoms with Gasteiger partial charge >= 0.3 is 0 Å². The SMILES string of the molecule is CC1([C@H]2CCC3[C@@H]4CC=C5CC(=O)CC[C@]5(C)[C@H]4CC[C@@]32C)OCCO1. The number of carbonyl (C=O) groups is 1. The topological polar surface area (TPSA) is 35.5 Å². The molecule has 0 spiro atoms. The van der Waals surface area contributed by atoms with Gasteiger partial charge in [-0.2, -0.15) is 0 Å². The Morgan fingerprint density at radius 2 is 1.77 bits per heavy atom. The number of Topliss-reactive ketones (excluding diaryl/α,β-unsaturated/α-hetero) is 1. The Bertz CT molecular complexity index is 646. The van der Waals surface area contributed by atoms with Crippen molar-refractivity contribution < 1.29 is 14.3 Å². The minimum atomic E-state index is -0.368. The first-order valence-corrected chi connectivity index (χ1v) is 10.9. The molecule has 1 heterocycles. The van der Waals surface area contributed by atoms with E-state index < -0.39 is 0 Å². The minimum Gasteiger partial charge on any atom is -0.348 e. The highest BCUT2D eigenvalue weighted by Crippen LogP contribution is 2.67. The van der Waals surface area contributed by atoms with Crippen LogP contribution >= 0.6 is 0 Å². The highest BCUT2D eigenvalue weighted by atomic mass is 16.7. The molecule has 0 bridgehead atoms. The monoisotopic (exact) mass is 358 g/mol. The fourth-order valence-electron chi connectivity index (χ4n) is 8.07. The lowest BCUT2D eigenvalue weighted by Gasteiger charge is -2.58. The number of fused-ring (bicyclic) bond motifs is 5. The van der Waals surface area contributed by atoms with Crippen LogP contribution in [0.1, 0.15) is 72.1 Å². The molecule has 3 heteroatoms. The lowest BCUT2D eigenvalue weighted by molar-refractivity contribution is -0.214. The number of rotatable bonds is 1. The van der Waals surface area contributed by atoms with Crippen molar-refractivity contribution in [1.29, 1.82) is 0 Å². The molecule has 144 valence electrons. The molecule has 0 amide bonds. The van der Waals surface area contributed by atoms with E-state index in [9.17, 15) is 4.79 Å². The van der Waals surface area contributed by atoms with Crippen molar-refractivity contribution in [2.75, 3.05) is 13.2 Å². The Hall–Kier alpha value is -0.670. The first kappa shape index (κ1) is 17.4. The molecule has 6 atom stereocenters. The van der Waals surface area contributed by atoms with Crippen LogP contribution in [0.15, 0.2) is 11.6 Å². The molecule has 5 aliphatic rings. The van der Waals surface area contributed by atoms with Crippen molar-refractivity contribution in [3.8, 4) is 0 Å². The maximum atomic E-state index is 12.0. The summed E-state index contributed by atoms with van der Waals surface area (Å²) < 4.78 is 12.2. The van der Waals surface area contributed by atoms with Crippen LogP contribution in [0.3, 0.4) is 0 Å². The summed E-state index contributed by atoms with van der Waals surface area (Å²) in [6.45, 7) is 8.70. The van der Waals surface area contributed by atoms with Gasteiger partial charge in [-0.25, -0.2) is 0 Å². The lowest BCUT2D eigenvalue weighted by atomic mass is 9.47. The molecule has 1 aliphatic heterocycles. The van der Waals surface area contributed by atoms with E-state index in [0.29, 0.717) is 17.1 Å². The van der Waals surface area contributed by atoms with Gasteiger partial charge in [0, 0.05) is 18.8 Å². The van der Waals surface area contributed by atoms with Crippen LogP contribution in [-0.4, -0.2) is 24.8 Å². The highest BCUT2D eigenvalue weighted by Gasteiger charge is 2.62. The third-order valence-electron chi connectivity index (χ3n) is 9.43. The summed E-state index contributed by atoms with van der Waals surface area (Å²) >= 11 is 0. The summed E-state index contributed by atoms with van der Waals surface area (Å²) in [6, 6.07) is 0. The van der Waals surface area contributed by atoms with Gasteiger partial charge in [0.05, 0.1) is 13.2 Å². The third-order valence-corrected chi connectivity index (χ3v) is 9.43. The van der Waals surface area contributed by atoms with Crippen LogP contribution in [0.25, 0.3) is 0 Å². The Morgan fingerprint density at radius 1 is 1.00 bits per heavy atom. The smallest absolute Gasteiger partial charge is 0.169 e. The van der Waals surface area contributed by atoms with E-state index in [2.05, 4.69) is 26.8 Å². The molecule has 4 fully saturated rings. The Morgan fingerprint density at radius 3 is 2.54 bits per heavy atom. The molecule has 0 N–H and O–H groups in total. The van der Waals surface area contributed by atoms with Crippen LogP contribution in [0.2, 0.25) is 0 Å². The molecule has 3 nitrogen and oxygen atoms in total. The van der Waals surface area contributed by atoms with Crippen molar-refractivity contribution in [2.24, 2.45) is 34.5 Å². The summed E-state index contributed by atoms with van der Waals surface area (Å²) in [5.74, 6) is 2.94. The average Bonchev–Trinajstić information content (AvgIpc) is 3.19. The quantitative estimate of drug-likeness (QED) is 0.626. The van der Waals surface area contributed by atoms with Crippen LogP contribution in [0.4, 0.5) is 0 Å². The Kier molecular flexibility index (Phi) is 3.80. The molecule has 26 heavy (non-hydrogen) atoms. The van der Waals surface area contributed by atoms with E-state index in [4.69, 9.17) is 9.47 Å².